The van der Waals surface area contributed by atoms with Crippen LogP contribution in [0.5, 0.6) is 0 Å². The van der Waals surface area contributed by atoms with E-state index in [-0.39, 0.29) is 6.03 Å². The number of piperazine rings is 1. The zero-order chi connectivity index (χ0) is 18.2. The molecule has 1 unspecified atom stereocenters. The van der Waals surface area contributed by atoms with Crippen LogP contribution in [-0.4, -0.2) is 76.2 Å². The second-order valence-corrected chi connectivity index (χ2v) is 7.33. The summed E-state index contributed by atoms with van der Waals surface area (Å²) in [5.41, 5.74) is 2.26. The zero-order valence-corrected chi connectivity index (χ0v) is 16.1. The first-order valence-electron chi connectivity index (χ1n) is 9.13. The van der Waals surface area contributed by atoms with Gasteiger partial charge in [-0.05, 0) is 30.7 Å². The van der Waals surface area contributed by atoms with Gasteiger partial charge in [0.25, 0.3) is 0 Å². The smallest absolute Gasteiger partial charge is 0.315 e. The summed E-state index contributed by atoms with van der Waals surface area (Å²) in [4.78, 5) is 18.9. The minimum absolute atomic E-state index is 0.0955. The van der Waals surface area contributed by atoms with Gasteiger partial charge in [-0.1, -0.05) is 19.1 Å². The van der Waals surface area contributed by atoms with Crippen LogP contribution in [0.4, 0.5) is 10.5 Å². The molecule has 0 spiro atoms. The topological polar surface area (TPSA) is 50.9 Å². The van der Waals surface area contributed by atoms with E-state index >= 15 is 0 Å². The Morgan fingerprint density at radius 2 is 1.76 bits per heavy atom. The number of amides is 2. The van der Waals surface area contributed by atoms with Crippen LogP contribution in [0.25, 0.3) is 0 Å². The first kappa shape index (κ1) is 19.5. The Labute approximate surface area is 152 Å². The van der Waals surface area contributed by atoms with Crippen molar-refractivity contribution < 1.29 is 4.79 Å². The molecule has 1 aliphatic heterocycles. The fourth-order valence-corrected chi connectivity index (χ4v) is 2.96. The first-order valence-corrected chi connectivity index (χ1v) is 9.13. The number of hydrogen-bond donors (Lipinski definition) is 2. The standard InChI is InChI=1S/C19H33N5O/c1-16(15-24-11-9-23(4)10-12-24)13-20-19(25)21-14-17-5-7-18(8-6-17)22(2)3/h5-8,16H,9-15H2,1-4H3,(H2,20,21,25). The molecule has 2 rings (SSSR count). The van der Waals surface area contributed by atoms with E-state index in [0.717, 1.165) is 44.0 Å². The summed E-state index contributed by atoms with van der Waals surface area (Å²) in [6, 6.07) is 8.12. The Morgan fingerprint density at radius 1 is 1.12 bits per heavy atom. The number of nitrogens with one attached hydrogen (secondary N) is 2. The molecule has 25 heavy (non-hydrogen) atoms. The van der Waals surface area contributed by atoms with Gasteiger partial charge in [0.2, 0.25) is 0 Å². The highest BCUT2D eigenvalue weighted by molar-refractivity contribution is 5.73. The second kappa shape index (κ2) is 9.63. The lowest BCUT2D eigenvalue weighted by atomic mass is 10.1. The van der Waals surface area contributed by atoms with Crippen LogP contribution >= 0.6 is 0 Å². The van der Waals surface area contributed by atoms with Crippen molar-refractivity contribution in [3.05, 3.63) is 29.8 Å². The average molecular weight is 348 g/mol. The van der Waals surface area contributed by atoms with Gasteiger partial charge in [0.15, 0.2) is 0 Å². The summed E-state index contributed by atoms with van der Waals surface area (Å²) in [5, 5.41) is 5.91. The predicted octanol–water partition coefficient (Wildman–Crippen LogP) is 1.44. The number of rotatable bonds is 7. The van der Waals surface area contributed by atoms with Gasteiger partial charge in [-0.2, -0.15) is 0 Å². The van der Waals surface area contributed by atoms with E-state index in [2.05, 4.69) is 51.4 Å². The van der Waals surface area contributed by atoms with E-state index in [9.17, 15) is 4.79 Å². The van der Waals surface area contributed by atoms with E-state index in [0.29, 0.717) is 19.0 Å². The van der Waals surface area contributed by atoms with Gasteiger partial charge in [0, 0.05) is 65.6 Å². The van der Waals surface area contributed by atoms with E-state index in [1.165, 1.54) is 0 Å². The monoisotopic (exact) mass is 347 g/mol. The molecule has 1 atom stereocenters. The summed E-state index contributed by atoms with van der Waals surface area (Å²) < 4.78 is 0. The molecule has 0 radical (unpaired) electrons. The van der Waals surface area contributed by atoms with Crippen molar-refractivity contribution >= 4 is 11.7 Å². The molecule has 0 aliphatic carbocycles. The van der Waals surface area contributed by atoms with Crippen LogP contribution in [-0.2, 0) is 6.54 Å². The molecule has 2 amide bonds. The Balaban J connectivity index is 1.63. The largest absolute Gasteiger partial charge is 0.378 e. The number of carbonyl (C=O) groups is 1. The lowest BCUT2D eigenvalue weighted by Gasteiger charge is -2.33. The van der Waals surface area contributed by atoms with Crippen LogP contribution in [0.1, 0.15) is 12.5 Å². The van der Waals surface area contributed by atoms with Crippen molar-refractivity contribution in [1.82, 2.24) is 20.4 Å². The molecule has 0 saturated carbocycles. The van der Waals surface area contributed by atoms with Crippen LogP contribution in [0.15, 0.2) is 24.3 Å². The van der Waals surface area contributed by atoms with Crippen molar-refractivity contribution in [3.8, 4) is 0 Å². The van der Waals surface area contributed by atoms with E-state index < -0.39 is 0 Å². The minimum atomic E-state index is -0.0955. The third-order valence-corrected chi connectivity index (χ3v) is 4.68. The van der Waals surface area contributed by atoms with Crippen LogP contribution in [0.3, 0.4) is 0 Å². The van der Waals surface area contributed by atoms with Crippen molar-refractivity contribution in [3.63, 3.8) is 0 Å². The number of likely N-dealkylation sites (N-methyl/N-ethyl adjacent to an activating group) is 1. The molecule has 1 fully saturated rings. The molecule has 0 aromatic heterocycles. The van der Waals surface area contributed by atoms with Crippen LogP contribution < -0.4 is 15.5 Å². The van der Waals surface area contributed by atoms with E-state index in [1.54, 1.807) is 0 Å². The van der Waals surface area contributed by atoms with Crippen LogP contribution in [0, 0.1) is 5.92 Å². The fraction of sp³-hybridized carbons (Fsp3) is 0.632. The maximum atomic E-state index is 12.0. The molecule has 6 nitrogen and oxygen atoms in total. The number of carbonyl (C=O) groups excluding carboxylic acids is 1. The van der Waals surface area contributed by atoms with Crippen LogP contribution in [0.2, 0.25) is 0 Å². The molecule has 1 aliphatic rings. The highest BCUT2D eigenvalue weighted by Crippen LogP contribution is 2.11. The van der Waals surface area contributed by atoms with E-state index in [1.807, 2.05) is 26.2 Å². The van der Waals surface area contributed by atoms with Gasteiger partial charge >= 0.3 is 6.03 Å². The van der Waals surface area contributed by atoms with Gasteiger partial charge in [0.1, 0.15) is 0 Å². The van der Waals surface area contributed by atoms with Gasteiger partial charge in [0.05, 0.1) is 0 Å². The summed E-state index contributed by atoms with van der Waals surface area (Å²) >= 11 is 0. The average Bonchev–Trinajstić information content (AvgIpc) is 2.60. The van der Waals surface area contributed by atoms with Gasteiger partial charge in [-0.15, -0.1) is 0 Å². The zero-order valence-electron chi connectivity index (χ0n) is 16.1. The highest BCUT2D eigenvalue weighted by atomic mass is 16.2. The Hall–Kier alpha value is -1.79. The molecule has 0 bridgehead atoms. The minimum Gasteiger partial charge on any atom is -0.378 e. The molecular formula is C19H33N5O. The quantitative estimate of drug-likeness (QED) is 0.784. The molecule has 1 saturated heterocycles. The van der Waals surface area contributed by atoms with Crippen molar-refractivity contribution in [1.29, 1.82) is 0 Å². The van der Waals surface area contributed by atoms with E-state index in [4.69, 9.17) is 0 Å². The van der Waals surface area contributed by atoms with Gasteiger partial charge in [-0.25, -0.2) is 4.79 Å². The van der Waals surface area contributed by atoms with Gasteiger partial charge in [-0.3, -0.25) is 0 Å². The normalized spacial score (nSPS) is 17.1. The number of anilines is 1. The van der Waals surface area contributed by atoms with Crippen molar-refractivity contribution in [2.45, 2.75) is 13.5 Å². The SMILES string of the molecule is CC(CNC(=O)NCc1ccc(N(C)C)cc1)CN1CCN(C)CC1. The number of benzene rings is 1. The number of hydrogen-bond acceptors (Lipinski definition) is 4. The summed E-state index contributed by atoms with van der Waals surface area (Å²) in [6.45, 7) is 9.00. The Bertz CT molecular complexity index is 523. The number of nitrogens with zero attached hydrogens (tertiary/aromatic N) is 3. The molecule has 1 aromatic carbocycles. The third-order valence-electron chi connectivity index (χ3n) is 4.68. The lowest BCUT2D eigenvalue weighted by molar-refractivity contribution is 0.138. The predicted molar refractivity (Wildman–Crippen MR) is 104 cm³/mol. The summed E-state index contributed by atoms with van der Waals surface area (Å²) in [5.74, 6) is 0.452. The molecule has 2 N–H and O–H groups in total. The highest BCUT2D eigenvalue weighted by Gasteiger charge is 2.16. The third kappa shape index (κ3) is 6.92. The maximum Gasteiger partial charge on any atom is 0.315 e. The first-order chi connectivity index (χ1) is 11.9. The number of urea groups is 1. The summed E-state index contributed by atoms with van der Waals surface area (Å²) in [7, 11) is 6.20. The van der Waals surface area contributed by atoms with Gasteiger partial charge < -0.3 is 25.3 Å². The molecular weight excluding hydrogens is 314 g/mol. The van der Waals surface area contributed by atoms with Crippen molar-refractivity contribution in [2.75, 3.05) is 65.3 Å². The molecule has 1 aromatic rings. The lowest BCUT2D eigenvalue weighted by Crippen LogP contribution is -2.47. The Morgan fingerprint density at radius 3 is 2.36 bits per heavy atom. The van der Waals surface area contributed by atoms with Crippen molar-refractivity contribution in [2.24, 2.45) is 5.92 Å². The Kier molecular flexibility index (Phi) is 7.52. The molecule has 6 heteroatoms. The summed E-state index contributed by atoms with van der Waals surface area (Å²) in [6.07, 6.45) is 0. The second-order valence-electron chi connectivity index (χ2n) is 7.33. The molecule has 140 valence electrons. The fourth-order valence-electron chi connectivity index (χ4n) is 2.96. The maximum absolute atomic E-state index is 12.0. The molecule has 1 heterocycles.